The molecule has 0 aromatic heterocycles. The van der Waals surface area contributed by atoms with E-state index in [0.717, 1.165) is 16.9 Å². The lowest BCUT2D eigenvalue weighted by molar-refractivity contribution is -0.117. The Morgan fingerprint density at radius 1 is 1.25 bits per heavy atom. The van der Waals surface area contributed by atoms with Gasteiger partial charge in [0.15, 0.2) is 0 Å². The Balaban J connectivity index is 1.96. The minimum Gasteiger partial charge on any atom is -0.327 e. The predicted octanol–water partition coefficient (Wildman–Crippen LogP) is 3.15. The third-order valence-corrected chi connectivity index (χ3v) is 4.07. The number of carbonyl (C=O) groups is 1. The van der Waals surface area contributed by atoms with Gasteiger partial charge in [0.25, 0.3) is 0 Å². The van der Waals surface area contributed by atoms with E-state index in [9.17, 15) is 9.18 Å². The summed E-state index contributed by atoms with van der Waals surface area (Å²) in [5, 5.41) is 2.81. The van der Waals surface area contributed by atoms with Crippen LogP contribution in [0.4, 0.5) is 21.5 Å². The summed E-state index contributed by atoms with van der Waals surface area (Å²) in [5.41, 5.74) is 4.20. The molecular weight excluding hydrogens is 255 g/mol. The van der Waals surface area contributed by atoms with E-state index in [1.165, 1.54) is 6.07 Å². The highest BCUT2D eigenvalue weighted by Crippen LogP contribution is 2.45. The summed E-state index contributed by atoms with van der Waals surface area (Å²) < 4.78 is 13.7. The van der Waals surface area contributed by atoms with Crippen LogP contribution < -0.4 is 10.2 Å². The monoisotopic (exact) mass is 268 g/mol. The second kappa shape index (κ2) is 3.82. The van der Waals surface area contributed by atoms with Gasteiger partial charge in [-0.05, 0) is 36.2 Å². The van der Waals surface area contributed by atoms with Crippen molar-refractivity contribution >= 4 is 23.0 Å². The molecule has 3 nitrogen and oxygen atoms in total. The van der Waals surface area contributed by atoms with Gasteiger partial charge in [-0.3, -0.25) is 4.79 Å². The van der Waals surface area contributed by atoms with Crippen LogP contribution in [-0.2, 0) is 11.2 Å². The summed E-state index contributed by atoms with van der Waals surface area (Å²) in [6.45, 7) is 1.74. The first-order valence-corrected chi connectivity index (χ1v) is 6.63. The van der Waals surface area contributed by atoms with Crippen LogP contribution in [-0.4, -0.2) is 11.9 Å². The van der Waals surface area contributed by atoms with E-state index in [2.05, 4.69) is 5.32 Å². The van der Waals surface area contributed by atoms with Gasteiger partial charge < -0.3 is 10.2 Å². The van der Waals surface area contributed by atoms with Crippen LogP contribution in [0.15, 0.2) is 36.4 Å². The molecular formula is C16H13FN2O. The molecule has 1 N–H and O–H groups in total. The van der Waals surface area contributed by atoms with Crippen LogP contribution in [0.2, 0.25) is 0 Å². The van der Waals surface area contributed by atoms with Crippen LogP contribution in [0.5, 0.6) is 0 Å². The van der Waals surface area contributed by atoms with Crippen LogP contribution in [0.3, 0.4) is 0 Å². The molecule has 0 saturated carbocycles. The maximum atomic E-state index is 13.7. The van der Waals surface area contributed by atoms with Crippen molar-refractivity contribution in [2.45, 2.75) is 19.4 Å². The van der Waals surface area contributed by atoms with E-state index in [4.69, 9.17) is 0 Å². The number of rotatable bonds is 0. The van der Waals surface area contributed by atoms with Crippen molar-refractivity contribution in [1.29, 1.82) is 0 Å². The van der Waals surface area contributed by atoms with E-state index >= 15 is 0 Å². The standard InChI is InChI=1S/C16H13FN2O/c1-9-6-14-12(8-11(9)17)18-16(20)15-7-10-4-2-3-5-13(10)19(14)15/h2-6,8,15H,7H2,1H3,(H,18,20). The van der Waals surface area contributed by atoms with Gasteiger partial charge in [-0.2, -0.15) is 0 Å². The lowest BCUT2D eigenvalue weighted by atomic mass is 10.1. The number of nitrogens with one attached hydrogen (secondary N) is 1. The fraction of sp³-hybridized carbons (Fsp3) is 0.188. The molecule has 4 heteroatoms. The first-order chi connectivity index (χ1) is 9.65. The predicted molar refractivity (Wildman–Crippen MR) is 75.8 cm³/mol. The SMILES string of the molecule is Cc1cc2c(cc1F)NC(=O)C1Cc3ccccc3N21. The Labute approximate surface area is 116 Å². The number of nitrogens with zero attached hydrogens (tertiary/aromatic N) is 1. The second-order valence-corrected chi connectivity index (χ2v) is 5.33. The number of amides is 1. The van der Waals surface area contributed by atoms with Crippen LogP contribution >= 0.6 is 0 Å². The number of carbonyl (C=O) groups excluding carboxylic acids is 1. The average molecular weight is 268 g/mol. The van der Waals surface area contributed by atoms with Crippen molar-refractivity contribution in [1.82, 2.24) is 0 Å². The van der Waals surface area contributed by atoms with Gasteiger partial charge in [-0.15, -0.1) is 0 Å². The topological polar surface area (TPSA) is 32.3 Å². The van der Waals surface area contributed by atoms with Crippen molar-refractivity contribution in [3.8, 4) is 0 Å². The molecule has 0 spiro atoms. The third kappa shape index (κ3) is 1.42. The summed E-state index contributed by atoms with van der Waals surface area (Å²) in [4.78, 5) is 14.3. The molecule has 0 bridgehead atoms. The van der Waals surface area contributed by atoms with Crippen molar-refractivity contribution in [3.05, 3.63) is 53.3 Å². The van der Waals surface area contributed by atoms with Crippen molar-refractivity contribution in [3.63, 3.8) is 0 Å². The van der Waals surface area contributed by atoms with Gasteiger partial charge in [0.2, 0.25) is 5.91 Å². The minimum absolute atomic E-state index is 0.0723. The molecule has 0 fully saturated rings. The molecule has 1 unspecified atom stereocenters. The van der Waals surface area contributed by atoms with Crippen molar-refractivity contribution < 1.29 is 9.18 Å². The Morgan fingerprint density at radius 2 is 2.05 bits per heavy atom. The van der Waals surface area contributed by atoms with Gasteiger partial charge in [-0.1, -0.05) is 18.2 Å². The fourth-order valence-electron chi connectivity index (χ4n) is 3.08. The van der Waals surface area contributed by atoms with Crippen molar-refractivity contribution in [2.75, 3.05) is 10.2 Å². The fourth-order valence-corrected chi connectivity index (χ4v) is 3.08. The van der Waals surface area contributed by atoms with E-state index in [1.807, 2.05) is 29.2 Å². The Bertz CT molecular complexity index is 741. The normalized spacial score (nSPS) is 19.2. The Hall–Kier alpha value is -2.36. The highest BCUT2D eigenvalue weighted by atomic mass is 19.1. The molecule has 2 aromatic rings. The van der Waals surface area contributed by atoms with E-state index in [1.54, 1.807) is 13.0 Å². The highest BCUT2D eigenvalue weighted by Gasteiger charge is 2.40. The number of para-hydroxylation sites is 1. The zero-order chi connectivity index (χ0) is 13.9. The number of hydrogen-bond acceptors (Lipinski definition) is 2. The van der Waals surface area contributed by atoms with Gasteiger partial charge in [0.1, 0.15) is 11.9 Å². The number of halogens is 1. The molecule has 0 aliphatic carbocycles. The van der Waals surface area contributed by atoms with Crippen LogP contribution in [0.25, 0.3) is 0 Å². The number of benzene rings is 2. The lowest BCUT2D eigenvalue weighted by Gasteiger charge is -2.33. The first-order valence-electron chi connectivity index (χ1n) is 6.63. The number of aryl methyl sites for hydroxylation is 1. The second-order valence-electron chi connectivity index (χ2n) is 5.33. The molecule has 1 amide bonds. The third-order valence-electron chi connectivity index (χ3n) is 4.07. The summed E-state index contributed by atoms with van der Waals surface area (Å²) in [7, 11) is 0. The Morgan fingerprint density at radius 3 is 2.90 bits per heavy atom. The van der Waals surface area contributed by atoms with Gasteiger partial charge in [0.05, 0.1) is 11.4 Å². The summed E-state index contributed by atoms with van der Waals surface area (Å²) in [6.07, 6.45) is 0.692. The highest BCUT2D eigenvalue weighted by molar-refractivity contribution is 6.07. The van der Waals surface area contributed by atoms with E-state index in [-0.39, 0.29) is 17.8 Å². The molecule has 4 rings (SSSR count). The zero-order valence-electron chi connectivity index (χ0n) is 11.0. The molecule has 100 valence electrons. The molecule has 0 radical (unpaired) electrons. The molecule has 20 heavy (non-hydrogen) atoms. The smallest absolute Gasteiger partial charge is 0.247 e. The van der Waals surface area contributed by atoms with E-state index < -0.39 is 0 Å². The molecule has 2 aromatic carbocycles. The maximum absolute atomic E-state index is 13.7. The molecule has 0 saturated heterocycles. The van der Waals surface area contributed by atoms with Crippen LogP contribution in [0, 0.1) is 12.7 Å². The summed E-state index contributed by atoms with van der Waals surface area (Å²) in [6, 6.07) is 11.0. The Kier molecular flexibility index (Phi) is 2.19. The lowest BCUT2D eigenvalue weighted by Crippen LogP contribution is -2.43. The zero-order valence-corrected chi connectivity index (χ0v) is 11.0. The number of fused-ring (bicyclic) bond motifs is 5. The summed E-state index contributed by atoms with van der Waals surface area (Å²) in [5.74, 6) is -0.369. The van der Waals surface area contributed by atoms with Crippen LogP contribution in [0.1, 0.15) is 11.1 Å². The quantitative estimate of drug-likeness (QED) is 0.796. The molecule has 2 heterocycles. The molecule has 2 aliphatic rings. The number of hydrogen-bond donors (Lipinski definition) is 1. The van der Waals surface area contributed by atoms with Gasteiger partial charge in [-0.25, -0.2) is 4.39 Å². The minimum atomic E-state index is -0.296. The van der Waals surface area contributed by atoms with Crippen molar-refractivity contribution in [2.24, 2.45) is 0 Å². The van der Waals surface area contributed by atoms with Gasteiger partial charge >= 0.3 is 0 Å². The van der Waals surface area contributed by atoms with E-state index in [0.29, 0.717) is 17.7 Å². The molecule has 1 atom stereocenters. The number of anilines is 3. The average Bonchev–Trinajstić information content (AvgIpc) is 2.82. The van der Waals surface area contributed by atoms with Gasteiger partial charge in [0, 0.05) is 12.1 Å². The largest absolute Gasteiger partial charge is 0.327 e. The first kappa shape index (κ1) is 11.5. The molecule has 2 aliphatic heterocycles. The maximum Gasteiger partial charge on any atom is 0.247 e. The summed E-state index contributed by atoms with van der Waals surface area (Å²) >= 11 is 0.